The number of anilines is 2. The van der Waals surface area contributed by atoms with Crippen molar-refractivity contribution in [3.05, 3.63) is 47.5 Å². The summed E-state index contributed by atoms with van der Waals surface area (Å²) in [6, 6.07) is 8.48. The van der Waals surface area contributed by atoms with Gasteiger partial charge >= 0.3 is 0 Å². The van der Waals surface area contributed by atoms with Gasteiger partial charge in [-0.1, -0.05) is 34.8 Å². The van der Waals surface area contributed by atoms with Crippen molar-refractivity contribution in [2.45, 2.75) is 6.92 Å². The number of rotatable bonds is 2. The van der Waals surface area contributed by atoms with Crippen molar-refractivity contribution >= 4 is 53.4 Å². The molecule has 5 rings (SSSR count). The Morgan fingerprint density at radius 2 is 1.48 bits per heavy atom. The molecule has 3 heterocycles. The summed E-state index contributed by atoms with van der Waals surface area (Å²) in [5.74, 6) is -1.16. The van der Waals surface area contributed by atoms with E-state index in [0.717, 1.165) is 48.0 Å². The van der Waals surface area contributed by atoms with Crippen molar-refractivity contribution in [3.8, 4) is 0 Å². The molecule has 2 aromatic heterocycles. The zero-order valence-corrected chi connectivity index (χ0v) is 16.2. The van der Waals surface area contributed by atoms with Gasteiger partial charge in [0.15, 0.2) is 16.1 Å². The minimum Gasteiger partial charge on any atom is -0.345 e. The fourth-order valence-corrected chi connectivity index (χ4v) is 5.53. The normalized spacial score (nSPS) is 15.2. The number of benzene rings is 2. The molecule has 2 aromatic carbocycles. The fourth-order valence-electron chi connectivity index (χ4n) is 3.38. The van der Waals surface area contributed by atoms with Gasteiger partial charge in [0.05, 0.1) is 14.9 Å². The Labute approximate surface area is 162 Å². The third-order valence-corrected chi connectivity index (χ3v) is 6.98. The molecule has 0 radical (unpaired) electrons. The number of halogens is 2. The number of fused-ring (bicyclic) bond motifs is 2. The molecular weight excluding hydrogens is 386 g/mol. The molecule has 0 N–H and O–H groups in total. The number of thiazole rings is 2. The molecule has 1 fully saturated rings. The van der Waals surface area contributed by atoms with E-state index in [9.17, 15) is 8.78 Å². The van der Waals surface area contributed by atoms with Crippen molar-refractivity contribution in [1.29, 1.82) is 0 Å². The van der Waals surface area contributed by atoms with Crippen LogP contribution in [-0.2, 0) is 0 Å². The summed E-state index contributed by atoms with van der Waals surface area (Å²) in [7, 11) is 0. The Bertz CT molecular complexity index is 1150. The topological polar surface area (TPSA) is 32.3 Å². The zero-order chi connectivity index (χ0) is 18.5. The lowest BCUT2D eigenvalue weighted by Crippen LogP contribution is -2.46. The van der Waals surface area contributed by atoms with Gasteiger partial charge in [-0.2, -0.15) is 0 Å². The Kier molecular flexibility index (Phi) is 3.98. The third kappa shape index (κ3) is 2.93. The molecule has 138 valence electrons. The Morgan fingerprint density at radius 1 is 0.852 bits per heavy atom. The summed E-state index contributed by atoms with van der Waals surface area (Å²) in [4.78, 5) is 13.6. The first kappa shape index (κ1) is 16.8. The lowest BCUT2D eigenvalue weighted by atomic mass is 10.2. The predicted octanol–water partition coefficient (Wildman–Crippen LogP) is 4.82. The summed E-state index contributed by atoms with van der Waals surface area (Å²) in [6.45, 7) is 5.29. The number of nitrogens with zero attached hydrogens (tertiary/aromatic N) is 4. The first-order chi connectivity index (χ1) is 13.1. The lowest BCUT2D eigenvalue weighted by Gasteiger charge is -2.34. The molecule has 0 amide bonds. The zero-order valence-electron chi connectivity index (χ0n) is 14.6. The van der Waals surface area contributed by atoms with Crippen LogP contribution in [0.3, 0.4) is 0 Å². The van der Waals surface area contributed by atoms with Crippen molar-refractivity contribution in [2.24, 2.45) is 0 Å². The number of hydrogen-bond donors (Lipinski definition) is 0. The average molecular weight is 402 g/mol. The molecule has 0 saturated carbocycles. The van der Waals surface area contributed by atoms with E-state index in [-0.39, 0.29) is 5.52 Å². The minimum atomic E-state index is -0.601. The van der Waals surface area contributed by atoms with Crippen LogP contribution < -0.4 is 9.80 Å². The van der Waals surface area contributed by atoms with Gasteiger partial charge in [-0.25, -0.2) is 18.7 Å². The maximum atomic E-state index is 13.9. The smallest absolute Gasteiger partial charge is 0.186 e. The SMILES string of the molecule is Cc1cccc2sc(N3CCN(c4nc5c(F)cc(F)cc5s4)CC3)nc12. The van der Waals surface area contributed by atoms with Crippen LogP contribution in [0.5, 0.6) is 0 Å². The van der Waals surface area contributed by atoms with Crippen LogP contribution in [0.15, 0.2) is 30.3 Å². The number of para-hydroxylation sites is 1. The molecule has 4 aromatic rings. The maximum absolute atomic E-state index is 13.9. The molecule has 1 aliphatic rings. The monoisotopic (exact) mass is 402 g/mol. The predicted molar refractivity (Wildman–Crippen MR) is 108 cm³/mol. The van der Waals surface area contributed by atoms with Crippen molar-refractivity contribution < 1.29 is 8.78 Å². The van der Waals surface area contributed by atoms with Crippen LogP contribution in [0.1, 0.15) is 5.56 Å². The van der Waals surface area contributed by atoms with E-state index in [1.165, 1.54) is 27.7 Å². The van der Waals surface area contributed by atoms with Crippen LogP contribution in [-0.4, -0.2) is 36.1 Å². The van der Waals surface area contributed by atoms with Gasteiger partial charge in [0.2, 0.25) is 0 Å². The van der Waals surface area contributed by atoms with Crippen LogP contribution in [0, 0.1) is 18.6 Å². The summed E-state index contributed by atoms with van der Waals surface area (Å²) in [6.07, 6.45) is 0. The maximum Gasteiger partial charge on any atom is 0.186 e. The fraction of sp³-hybridized carbons (Fsp3) is 0.263. The Balaban J connectivity index is 1.36. The number of piperazine rings is 1. The van der Waals surface area contributed by atoms with E-state index in [1.807, 2.05) is 0 Å². The van der Waals surface area contributed by atoms with E-state index in [2.05, 4.69) is 39.9 Å². The standard InChI is InChI=1S/C19H16F2N4S2/c1-11-3-2-4-14-16(11)22-18(26-14)24-5-7-25(8-6-24)19-23-17-13(21)9-12(20)10-15(17)27-19/h2-4,9-10H,5-8H2,1H3. The van der Waals surface area contributed by atoms with E-state index < -0.39 is 11.6 Å². The van der Waals surface area contributed by atoms with Crippen LogP contribution in [0.4, 0.5) is 19.0 Å². The van der Waals surface area contributed by atoms with Gasteiger partial charge < -0.3 is 9.80 Å². The highest BCUT2D eigenvalue weighted by Crippen LogP contribution is 2.34. The first-order valence-corrected chi connectivity index (χ1v) is 10.3. The molecule has 0 spiro atoms. The summed E-state index contributed by atoms with van der Waals surface area (Å²) in [5.41, 5.74) is 2.52. The second-order valence-corrected chi connectivity index (χ2v) is 8.64. The summed E-state index contributed by atoms with van der Waals surface area (Å²) < 4.78 is 29.1. The molecule has 1 aliphatic heterocycles. The van der Waals surface area contributed by atoms with Gasteiger partial charge in [-0.15, -0.1) is 0 Å². The second kappa shape index (κ2) is 6.38. The average Bonchev–Trinajstić information content (AvgIpc) is 3.27. The van der Waals surface area contributed by atoms with Crippen LogP contribution >= 0.6 is 22.7 Å². The molecule has 0 bridgehead atoms. The highest BCUT2D eigenvalue weighted by Gasteiger charge is 2.23. The van der Waals surface area contributed by atoms with Crippen molar-refractivity contribution in [2.75, 3.05) is 36.0 Å². The number of hydrogen-bond acceptors (Lipinski definition) is 6. The summed E-state index contributed by atoms with van der Waals surface area (Å²) >= 11 is 3.05. The van der Waals surface area contributed by atoms with Gasteiger partial charge in [-0.05, 0) is 24.6 Å². The third-order valence-electron chi connectivity index (χ3n) is 4.83. The summed E-state index contributed by atoms with van der Waals surface area (Å²) in [5, 5.41) is 1.78. The molecule has 0 unspecified atom stereocenters. The van der Waals surface area contributed by atoms with Crippen molar-refractivity contribution in [1.82, 2.24) is 9.97 Å². The molecule has 8 heteroatoms. The van der Waals surface area contributed by atoms with E-state index >= 15 is 0 Å². The molecule has 0 atom stereocenters. The van der Waals surface area contributed by atoms with Crippen molar-refractivity contribution in [3.63, 3.8) is 0 Å². The quantitative estimate of drug-likeness (QED) is 0.481. The van der Waals surface area contributed by atoms with E-state index in [0.29, 0.717) is 4.70 Å². The highest BCUT2D eigenvalue weighted by atomic mass is 32.1. The van der Waals surface area contributed by atoms with Gasteiger partial charge in [-0.3, -0.25) is 0 Å². The number of aryl methyl sites for hydroxylation is 1. The largest absolute Gasteiger partial charge is 0.345 e. The first-order valence-electron chi connectivity index (χ1n) is 8.70. The molecule has 4 nitrogen and oxygen atoms in total. The highest BCUT2D eigenvalue weighted by molar-refractivity contribution is 7.22. The number of aromatic nitrogens is 2. The van der Waals surface area contributed by atoms with Gasteiger partial charge in [0.25, 0.3) is 0 Å². The molecule has 0 aliphatic carbocycles. The van der Waals surface area contributed by atoms with E-state index in [4.69, 9.17) is 4.98 Å². The van der Waals surface area contributed by atoms with Crippen LogP contribution in [0.25, 0.3) is 20.4 Å². The molecule has 1 saturated heterocycles. The lowest BCUT2D eigenvalue weighted by molar-refractivity contribution is 0.591. The van der Waals surface area contributed by atoms with Crippen LogP contribution in [0.2, 0.25) is 0 Å². The van der Waals surface area contributed by atoms with Gasteiger partial charge in [0, 0.05) is 32.2 Å². The Morgan fingerprint density at radius 3 is 2.15 bits per heavy atom. The molecular formula is C19H16F2N4S2. The minimum absolute atomic E-state index is 0.250. The second-order valence-electron chi connectivity index (χ2n) is 6.62. The van der Waals surface area contributed by atoms with Gasteiger partial charge in [0.1, 0.15) is 11.3 Å². The Hall–Kier alpha value is -2.32. The molecule has 27 heavy (non-hydrogen) atoms. The van der Waals surface area contributed by atoms with E-state index in [1.54, 1.807) is 11.3 Å².